The summed E-state index contributed by atoms with van der Waals surface area (Å²) in [7, 11) is 0. The highest BCUT2D eigenvalue weighted by atomic mass is 79.9. The van der Waals surface area contributed by atoms with Gasteiger partial charge in [-0.3, -0.25) is 9.48 Å². The summed E-state index contributed by atoms with van der Waals surface area (Å²) in [5, 5.41) is 6.84. The van der Waals surface area contributed by atoms with Gasteiger partial charge in [-0.05, 0) is 13.3 Å². The number of amides is 1. The lowest BCUT2D eigenvalue weighted by molar-refractivity contribution is -0.115. The molecule has 0 bridgehead atoms. The van der Waals surface area contributed by atoms with E-state index in [-0.39, 0.29) is 10.7 Å². The maximum Gasteiger partial charge on any atom is 0.238 e. The average Bonchev–Trinajstić information content (AvgIpc) is 2.64. The number of aromatic nitrogens is 2. The molecule has 0 saturated carbocycles. The molecular weight excluding hydrogens is 246 g/mol. The fraction of sp³-hybridized carbons (Fsp3) is 0.556. The quantitative estimate of drug-likeness (QED) is 0.842. The normalized spacial score (nSPS) is 12.5. The van der Waals surface area contributed by atoms with Crippen molar-refractivity contribution in [2.45, 2.75) is 31.6 Å². The van der Waals surface area contributed by atoms with Crippen LogP contribution in [0.15, 0.2) is 12.4 Å². The first-order valence-electron chi connectivity index (χ1n) is 4.64. The van der Waals surface area contributed by atoms with Gasteiger partial charge in [0.05, 0.1) is 16.7 Å². The van der Waals surface area contributed by atoms with E-state index in [2.05, 4.69) is 26.3 Å². The number of hydrogen-bond donors (Lipinski definition) is 1. The summed E-state index contributed by atoms with van der Waals surface area (Å²) >= 11 is 3.28. The number of halogens is 1. The largest absolute Gasteiger partial charge is 0.322 e. The smallest absolute Gasteiger partial charge is 0.238 e. The van der Waals surface area contributed by atoms with Crippen molar-refractivity contribution < 1.29 is 4.79 Å². The summed E-state index contributed by atoms with van der Waals surface area (Å²) in [6.45, 7) is 4.76. The van der Waals surface area contributed by atoms with E-state index in [9.17, 15) is 4.79 Å². The van der Waals surface area contributed by atoms with Crippen molar-refractivity contribution in [1.82, 2.24) is 9.78 Å². The molecule has 0 aliphatic heterocycles. The van der Waals surface area contributed by atoms with Gasteiger partial charge in [0.15, 0.2) is 0 Å². The van der Waals surface area contributed by atoms with Gasteiger partial charge >= 0.3 is 0 Å². The lowest BCUT2D eigenvalue weighted by Crippen LogP contribution is -2.21. The Balaban J connectivity index is 2.56. The monoisotopic (exact) mass is 259 g/mol. The highest BCUT2D eigenvalue weighted by Gasteiger charge is 2.12. The molecule has 1 aromatic heterocycles. The molecule has 1 amide bonds. The minimum Gasteiger partial charge on any atom is -0.322 e. The Morgan fingerprint density at radius 3 is 2.93 bits per heavy atom. The van der Waals surface area contributed by atoms with Crippen molar-refractivity contribution in [3.8, 4) is 0 Å². The molecule has 5 heteroatoms. The van der Waals surface area contributed by atoms with Gasteiger partial charge in [-0.25, -0.2) is 0 Å². The van der Waals surface area contributed by atoms with Crippen molar-refractivity contribution >= 4 is 27.5 Å². The molecule has 0 radical (unpaired) electrons. The lowest BCUT2D eigenvalue weighted by atomic mass is 10.3. The van der Waals surface area contributed by atoms with Crippen LogP contribution in [0.5, 0.6) is 0 Å². The summed E-state index contributed by atoms with van der Waals surface area (Å²) in [4.78, 5) is 11.3. The third-order valence-corrected chi connectivity index (χ3v) is 2.93. The zero-order valence-corrected chi connectivity index (χ0v) is 9.91. The molecule has 1 heterocycles. The van der Waals surface area contributed by atoms with Crippen LogP contribution in [0.3, 0.4) is 0 Å². The van der Waals surface area contributed by atoms with E-state index in [1.807, 2.05) is 20.0 Å². The molecular formula is C9H14BrN3O. The van der Waals surface area contributed by atoms with E-state index in [4.69, 9.17) is 0 Å². The van der Waals surface area contributed by atoms with Crippen molar-refractivity contribution in [3.63, 3.8) is 0 Å². The van der Waals surface area contributed by atoms with Gasteiger partial charge in [-0.1, -0.05) is 22.9 Å². The number of rotatable bonds is 4. The number of nitrogens with one attached hydrogen (secondary N) is 1. The van der Waals surface area contributed by atoms with E-state index < -0.39 is 0 Å². The van der Waals surface area contributed by atoms with Crippen LogP contribution in [0.4, 0.5) is 5.69 Å². The minimum absolute atomic E-state index is 0.0249. The lowest BCUT2D eigenvalue weighted by Gasteiger charge is -2.05. The van der Waals surface area contributed by atoms with Crippen LogP contribution in [-0.4, -0.2) is 20.5 Å². The van der Waals surface area contributed by atoms with Crippen LogP contribution in [-0.2, 0) is 11.3 Å². The molecule has 1 unspecified atom stereocenters. The van der Waals surface area contributed by atoms with E-state index in [0.29, 0.717) is 0 Å². The van der Waals surface area contributed by atoms with Crippen LogP contribution in [0.25, 0.3) is 0 Å². The summed E-state index contributed by atoms with van der Waals surface area (Å²) < 4.78 is 1.77. The van der Waals surface area contributed by atoms with Gasteiger partial charge in [0.25, 0.3) is 0 Å². The average molecular weight is 260 g/mol. The number of aryl methyl sites for hydroxylation is 1. The number of carbonyl (C=O) groups excluding carboxylic acids is 1. The number of hydrogen-bond acceptors (Lipinski definition) is 2. The van der Waals surface area contributed by atoms with Crippen molar-refractivity contribution in [2.24, 2.45) is 0 Å². The standard InChI is InChI=1S/C9H14BrN3O/c1-3-8(10)9(14)12-7-5-11-13(4-2)6-7/h5-6,8H,3-4H2,1-2H3,(H,12,14). The van der Waals surface area contributed by atoms with Gasteiger partial charge in [0.2, 0.25) is 5.91 Å². The van der Waals surface area contributed by atoms with Gasteiger partial charge in [-0.2, -0.15) is 5.10 Å². The molecule has 1 N–H and O–H groups in total. The summed E-state index contributed by atoms with van der Waals surface area (Å²) in [5.41, 5.74) is 0.745. The maximum atomic E-state index is 11.4. The highest BCUT2D eigenvalue weighted by molar-refractivity contribution is 9.10. The predicted molar refractivity (Wildman–Crippen MR) is 59.5 cm³/mol. The van der Waals surface area contributed by atoms with Crippen molar-refractivity contribution in [1.29, 1.82) is 0 Å². The number of nitrogens with zero attached hydrogens (tertiary/aromatic N) is 2. The fourth-order valence-electron chi connectivity index (χ4n) is 1.01. The Bertz CT molecular complexity index is 311. The van der Waals surface area contributed by atoms with E-state index in [1.54, 1.807) is 10.9 Å². The Morgan fingerprint density at radius 1 is 1.71 bits per heavy atom. The van der Waals surface area contributed by atoms with Crippen LogP contribution >= 0.6 is 15.9 Å². The second-order valence-corrected chi connectivity index (χ2v) is 4.06. The third-order valence-electron chi connectivity index (χ3n) is 1.87. The Hall–Kier alpha value is -0.840. The van der Waals surface area contributed by atoms with E-state index >= 15 is 0 Å². The molecule has 0 spiro atoms. The van der Waals surface area contributed by atoms with Crippen molar-refractivity contribution in [3.05, 3.63) is 12.4 Å². The molecule has 14 heavy (non-hydrogen) atoms. The molecule has 4 nitrogen and oxygen atoms in total. The Labute approximate surface area is 91.8 Å². The molecule has 1 atom stereocenters. The topological polar surface area (TPSA) is 46.9 Å². The van der Waals surface area contributed by atoms with Crippen LogP contribution in [0.1, 0.15) is 20.3 Å². The number of anilines is 1. The van der Waals surface area contributed by atoms with Gasteiger partial charge < -0.3 is 5.32 Å². The van der Waals surface area contributed by atoms with Gasteiger partial charge in [-0.15, -0.1) is 0 Å². The maximum absolute atomic E-state index is 11.4. The predicted octanol–water partition coefficient (Wildman–Crippen LogP) is 2.01. The first kappa shape index (κ1) is 11.2. The SMILES string of the molecule is CCC(Br)C(=O)Nc1cnn(CC)c1. The molecule has 0 saturated heterocycles. The molecule has 78 valence electrons. The fourth-order valence-corrected chi connectivity index (χ4v) is 1.12. The minimum atomic E-state index is -0.132. The molecule has 0 aromatic carbocycles. The molecule has 1 rings (SSSR count). The van der Waals surface area contributed by atoms with E-state index in [1.165, 1.54) is 0 Å². The molecule has 0 aliphatic carbocycles. The van der Waals surface area contributed by atoms with Crippen molar-refractivity contribution in [2.75, 3.05) is 5.32 Å². The first-order chi connectivity index (χ1) is 6.67. The van der Waals surface area contributed by atoms with Crippen LogP contribution in [0, 0.1) is 0 Å². The number of alkyl halides is 1. The zero-order chi connectivity index (χ0) is 10.6. The molecule has 0 aliphatic rings. The third kappa shape index (κ3) is 2.83. The Kier molecular flexibility index (Phi) is 4.13. The summed E-state index contributed by atoms with van der Waals surface area (Å²) in [6, 6.07) is 0. The second-order valence-electron chi connectivity index (χ2n) is 2.95. The highest BCUT2D eigenvalue weighted by Crippen LogP contribution is 2.10. The number of carbonyl (C=O) groups is 1. The zero-order valence-electron chi connectivity index (χ0n) is 8.33. The molecule has 1 aromatic rings. The second kappa shape index (κ2) is 5.14. The van der Waals surface area contributed by atoms with Crippen LogP contribution in [0.2, 0.25) is 0 Å². The first-order valence-corrected chi connectivity index (χ1v) is 5.56. The summed E-state index contributed by atoms with van der Waals surface area (Å²) in [6.07, 6.45) is 4.23. The van der Waals surface area contributed by atoms with Gasteiger partial charge in [0.1, 0.15) is 0 Å². The Morgan fingerprint density at radius 2 is 2.43 bits per heavy atom. The van der Waals surface area contributed by atoms with Gasteiger partial charge in [0, 0.05) is 12.7 Å². The molecule has 0 fully saturated rings. The van der Waals surface area contributed by atoms with Crippen LogP contribution < -0.4 is 5.32 Å². The summed E-state index contributed by atoms with van der Waals surface area (Å²) in [5.74, 6) is -0.0249. The van der Waals surface area contributed by atoms with E-state index in [0.717, 1.165) is 18.7 Å².